The van der Waals surface area contributed by atoms with E-state index in [1.54, 1.807) is 0 Å². The molecule has 1 aromatic carbocycles. The number of aromatic amines is 1. The summed E-state index contributed by atoms with van der Waals surface area (Å²) in [5.41, 5.74) is 1.06. The summed E-state index contributed by atoms with van der Waals surface area (Å²) in [6.45, 7) is 0. The highest BCUT2D eigenvalue weighted by Gasteiger charge is 2.29. The SMILES string of the molecule is O=C(N=Nc1c(O)[nH]c2ccc(Br)cc12)C1CC1. The molecule has 0 spiro atoms. The fourth-order valence-electron chi connectivity index (χ4n) is 1.75. The highest BCUT2D eigenvalue weighted by Crippen LogP contribution is 2.37. The Morgan fingerprint density at radius 2 is 2.22 bits per heavy atom. The number of amides is 1. The minimum Gasteiger partial charge on any atom is -0.493 e. The number of nitrogens with zero attached hydrogens (tertiary/aromatic N) is 2. The Hall–Kier alpha value is -1.69. The molecule has 1 amide bonds. The zero-order valence-electron chi connectivity index (χ0n) is 9.35. The van der Waals surface area contributed by atoms with Crippen molar-refractivity contribution >= 4 is 38.4 Å². The van der Waals surface area contributed by atoms with Gasteiger partial charge in [0, 0.05) is 15.8 Å². The van der Waals surface area contributed by atoms with Crippen molar-refractivity contribution in [2.24, 2.45) is 16.1 Å². The van der Waals surface area contributed by atoms with Crippen LogP contribution >= 0.6 is 15.9 Å². The van der Waals surface area contributed by atoms with Crippen LogP contribution in [0, 0.1) is 5.92 Å². The molecule has 92 valence electrons. The first-order valence-electron chi connectivity index (χ1n) is 5.61. The predicted molar refractivity (Wildman–Crippen MR) is 69.9 cm³/mol. The Kier molecular flexibility index (Phi) is 2.66. The predicted octanol–water partition coefficient (Wildman–Crippen LogP) is 3.66. The maximum Gasteiger partial charge on any atom is 0.267 e. The van der Waals surface area contributed by atoms with E-state index in [2.05, 4.69) is 31.1 Å². The van der Waals surface area contributed by atoms with E-state index in [1.165, 1.54) is 0 Å². The lowest BCUT2D eigenvalue weighted by Crippen LogP contribution is -1.92. The number of H-pyrrole nitrogens is 1. The molecular formula is C12H10BrN3O2. The molecule has 18 heavy (non-hydrogen) atoms. The average Bonchev–Trinajstić information content (AvgIpc) is 3.12. The Morgan fingerprint density at radius 1 is 1.44 bits per heavy atom. The summed E-state index contributed by atoms with van der Waals surface area (Å²) in [4.78, 5) is 14.2. The Balaban J connectivity index is 2.01. The lowest BCUT2D eigenvalue weighted by Gasteiger charge is -1.92. The third-order valence-electron chi connectivity index (χ3n) is 2.89. The van der Waals surface area contributed by atoms with Crippen molar-refractivity contribution in [3.63, 3.8) is 0 Å². The van der Waals surface area contributed by atoms with Crippen molar-refractivity contribution < 1.29 is 9.90 Å². The first-order valence-corrected chi connectivity index (χ1v) is 6.40. The van der Waals surface area contributed by atoms with Crippen LogP contribution in [0.4, 0.5) is 5.69 Å². The molecule has 0 saturated heterocycles. The third kappa shape index (κ3) is 2.03. The van der Waals surface area contributed by atoms with Crippen LogP contribution in [0.2, 0.25) is 0 Å². The van der Waals surface area contributed by atoms with Crippen molar-refractivity contribution in [3.05, 3.63) is 22.7 Å². The van der Waals surface area contributed by atoms with Gasteiger partial charge in [0.1, 0.15) is 0 Å². The van der Waals surface area contributed by atoms with Gasteiger partial charge in [-0.1, -0.05) is 15.9 Å². The summed E-state index contributed by atoms with van der Waals surface area (Å²) >= 11 is 3.35. The van der Waals surface area contributed by atoms with Crippen LogP contribution in [0.3, 0.4) is 0 Å². The molecule has 0 radical (unpaired) electrons. The summed E-state index contributed by atoms with van der Waals surface area (Å²) in [5.74, 6) is -0.248. The molecule has 0 atom stereocenters. The quantitative estimate of drug-likeness (QED) is 0.831. The zero-order chi connectivity index (χ0) is 12.7. The molecule has 2 N–H and O–H groups in total. The summed E-state index contributed by atoms with van der Waals surface area (Å²) in [7, 11) is 0. The van der Waals surface area contributed by atoms with Crippen molar-refractivity contribution in [1.82, 2.24) is 4.98 Å². The number of halogens is 1. The van der Waals surface area contributed by atoms with E-state index in [0.717, 1.165) is 28.2 Å². The van der Waals surface area contributed by atoms with Gasteiger partial charge in [-0.25, -0.2) is 0 Å². The molecule has 0 aliphatic heterocycles. The van der Waals surface area contributed by atoms with E-state index in [-0.39, 0.29) is 17.7 Å². The van der Waals surface area contributed by atoms with Crippen LogP contribution in [-0.4, -0.2) is 16.0 Å². The van der Waals surface area contributed by atoms with Crippen LogP contribution in [0.5, 0.6) is 5.88 Å². The number of azo groups is 1. The molecule has 2 aromatic rings. The van der Waals surface area contributed by atoms with Crippen LogP contribution in [0.15, 0.2) is 32.9 Å². The van der Waals surface area contributed by atoms with E-state index < -0.39 is 0 Å². The van der Waals surface area contributed by atoms with Crippen molar-refractivity contribution in [1.29, 1.82) is 0 Å². The molecule has 0 bridgehead atoms. The normalized spacial score (nSPS) is 15.6. The zero-order valence-corrected chi connectivity index (χ0v) is 10.9. The van der Waals surface area contributed by atoms with E-state index >= 15 is 0 Å². The minimum atomic E-state index is -0.209. The van der Waals surface area contributed by atoms with Gasteiger partial charge in [0.2, 0.25) is 5.88 Å². The fraction of sp³-hybridized carbons (Fsp3) is 0.250. The number of aromatic nitrogens is 1. The maximum absolute atomic E-state index is 11.5. The van der Waals surface area contributed by atoms with Gasteiger partial charge in [0.15, 0.2) is 5.69 Å². The van der Waals surface area contributed by atoms with Crippen LogP contribution in [0.25, 0.3) is 10.9 Å². The molecule has 1 heterocycles. The van der Waals surface area contributed by atoms with E-state index in [1.807, 2.05) is 18.2 Å². The molecule has 6 heteroatoms. The van der Waals surface area contributed by atoms with E-state index in [0.29, 0.717) is 5.69 Å². The first kappa shape index (κ1) is 11.4. The third-order valence-corrected chi connectivity index (χ3v) is 3.38. The van der Waals surface area contributed by atoms with Crippen molar-refractivity contribution in [2.75, 3.05) is 0 Å². The fourth-order valence-corrected chi connectivity index (χ4v) is 2.11. The van der Waals surface area contributed by atoms with Gasteiger partial charge in [-0.15, -0.1) is 10.2 Å². The summed E-state index contributed by atoms with van der Waals surface area (Å²) in [6.07, 6.45) is 1.78. The monoisotopic (exact) mass is 307 g/mol. The summed E-state index contributed by atoms with van der Waals surface area (Å²) < 4.78 is 0.874. The van der Waals surface area contributed by atoms with Crippen molar-refractivity contribution in [3.8, 4) is 5.88 Å². The van der Waals surface area contributed by atoms with Crippen LogP contribution in [0.1, 0.15) is 12.8 Å². The first-order chi connectivity index (χ1) is 8.65. The Labute approximate surface area is 111 Å². The van der Waals surface area contributed by atoms with Gasteiger partial charge in [-0.3, -0.25) is 4.79 Å². The Bertz CT molecular complexity index is 659. The lowest BCUT2D eigenvalue weighted by molar-refractivity contribution is -0.119. The van der Waals surface area contributed by atoms with Gasteiger partial charge in [0.05, 0.1) is 5.52 Å². The number of aromatic hydroxyl groups is 1. The smallest absolute Gasteiger partial charge is 0.267 e. The molecule has 1 fully saturated rings. The maximum atomic E-state index is 11.5. The van der Waals surface area contributed by atoms with Gasteiger partial charge in [-0.05, 0) is 31.0 Å². The highest BCUT2D eigenvalue weighted by molar-refractivity contribution is 9.10. The van der Waals surface area contributed by atoms with Gasteiger partial charge in [-0.2, -0.15) is 0 Å². The Morgan fingerprint density at radius 3 is 2.94 bits per heavy atom. The second-order valence-electron chi connectivity index (χ2n) is 4.32. The lowest BCUT2D eigenvalue weighted by atomic mass is 10.2. The topological polar surface area (TPSA) is 77.8 Å². The molecular weight excluding hydrogens is 298 g/mol. The van der Waals surface area contributed by atoms with Crippen LogP contribution < -0.4 is 0 Å². The molecule has 1 aliphatic rings. The number of nitrogens with one attached hydrogen (secondary N) is 1. The molecule has 0 unspecified atom stereocenters. The number of fused-ring (bicyclic) bond motifs is 1. The largest absolute Gasteiger partial charge is 0.493 e. The number of benzene rings is 1. The summed E-state index contributed by atoms with van der Waals surface area (Å²) in [5, 5.41) is 18.0. The number of carbonyl (C=O) groups is 1. The van der Waals surface area contributed by atoms with Crippen molar-refractivity contribution in [2.45, 2.75) is 12.8 Å². The molecule has 5 nitrogen and oxygen atoms in total. The second-order valence-corrected chi connectivity index (χ2v) is 5.24. The van der Waals surface area contributed by atoms with Gasteiger partial charge in [0.25, 0.3) is 5.91 Å². The van der Waals surface area contributed by atoms with E-state index in [9.17, 15) is 9.90 Å². The number of hydrogen-bond acceptors (Lipinski definition) is 3. The number of carbonyl (C=O) groups excluding carboxylic acids is 1. The van der Waals surface area contributed by atoms with Gasteiger partial charge < -0.3 is 10.1 Å². The van der Waals surface area contributed by atoms with Gasteiger partial charge >= 0.3 is 0 Å². The standard InChI is InChI=1S/C12H10BrN3O2/c13-7-3-4-9-8(5-7)10(12(18)14-9)15-16-11(17)6-1-2-6/h3-6,14,18H,1-2H2. The van der Waals surface area contributed by atoms with E-state index in [4.69, 9.17) is 0 Å². The molecule has 1 aromatic heterocycles. The highest BCUT2D eigenvalue weighted by atomic mass is 79.9. The second kappa shape index (κ2) is 4.20. The molecule has 3 rings (SSSR count). The number of rotatable bonds is 2. The number of hydrogen-bond donors (Lipinski definition) is 2. The van der Waals surface area contributed by atoms with Crippen LogP contribution in [-0.2, 0) is 4.79 Å². The summed E-state index contributed by atoms with van der Waals surface area (Å²) in [6, 6.07) is 5.50. The average molecular weight is 308 g/mol. The molecule has 1 saturated carbocycles. The minimum absolute atomic E-state index is 0.0350. The molecule has 1 aliphatic carbocycles.